The molecule has 0 heterocycles. The van der Waals surface area contributed by atoms with Gasteiger partial charge in [-0.25, -0.2) is 9.18 Å². The first-order valence-corrected chi connectivity index (χ1v) is 9.12. The zero-order valence-electron chi connectivity index (χ0n) is 14.7. The largest absolute Gasteiger partial charge is 0.345 e. The van der Waals surface area contributed by atoms with Crippen LogP contribution in [0.4, 0.5) is 9.18 Å². The number of halogens is 1. The lowest BCUT2D eigenvalue weighted by Crippen LogP contribution is -2.40. The highest BCUT2D eigenvalue weighted by atomic mass is 19.1. The van der Waals surface area contributed by atoms with Gasteiger partial charge >= 0.3 is 6.03 Å². The third-order valence-corrected chi connectivity index (χ3v) is 5.28. The lowest BCUT2D eigenvalue weighted by molar-refractivity contribution is -0.136. The van der Waals surface area contributed by atoms with Crippen molar-refractivity contribution in [3.05, 3.63) is 35.1 Å². The molecular formula is C19H26FN3O2. The molecule has 0 spiro atoms. The van der Waals surface area contributed by atoms with Crippen molar-refractivity contribution in [3.8, 4) is 0 Å². The minimum atomic E-state index is -0.271. The number of urea groups is 1. The molecule has 0 radical (unpaired) electrons. The van der Waals surface area contributed by atoms with Crippen LogP contribution >= 0.6 is 0 Å². The van der Waals surface area contributed by atoms with E-state index in [-0.39, 0.29) is 29.7 Å². The number of carbonyl (C=O) groups is 2. The molecule has 1 fully saturated rings. The normalized spacial score (nSPS) is 19.0. The molecule has 136 valence electrons. The fourth-order valence-corrected chi connectivity index (χ4v) is 3.53. The highest BCUT2D eigenvalue weighted by molar-refractivity contribution is 5.79. The van der Waals surface area contributed by atoms with Crippen LogP contribution in [0.3, 0.4) is 0 Å². The second-order valence-corrected chi connectivity index (χ2v) is 7.08. The minimum Gasteiger partial charge on any atom is -0.345 e. The summed E-state index contributed by atoms with van der Waals surface area (Å²) in [6.45, 7) is 1.16. The average Bonchev–Trinajstić information content (AvgIpc) is 2.91. The number of benzene rings is 1. The molecule has 6 heteroatoms. The number of carbonyl (C=O) groups excluding carboxylic acids is 2. The van der Waals surface area contributed by atoms with Crippen LogP contribution in [-0.2, 0) is 11.2 Å². The Morgan fingerprint density at radius 3 is 2.80 bits per heavy atom. The molecule has 2 N–H and O–H groups in total. The van der Waals surface area contributed by atoms with Crippen molar-refractivity contribution in [1.29, 1.82) is 0 Å². The highest BCUT2D eigenvalue weighted by Gasteiger charge is 2.27. The van der Waals surface area contributed by atoms with Gasteiger partial charge in [-0.1, -0.05) is 12.5 Å². The number of fused-ring (bicyclic) bond motifs is 1. The number of hydrogen-bond donors (Lipinski definition) is 2. The molecular weight excluding hydrogens is 321 g/mol. The summed E-state index contributed by atoms with van der Waals surface area (Å²) in [4.78, 5) is 25.8. The molecule has 1 saturated carbocycles. The predicted molar refractivity (Wildman–Crippen MR) is 93.6 cm³/mol. The van der Waals surface area contributed by atoms with E-state index in [2.05, 4.69) is 10.6 Å². The van der Waals surface area contributed by atoms with Gasteiger partial charge in [-0.05, 0) is 55.4 Å². The average molecular weight is 347 g/mol. The Labute approximate surface area is 148 Å². The standard InChI is InChI=1S/C19H26FN3O2/c1-23(18(24)14-4-2-5-14)11-3-10-21-19(25)22-17-9-7-13-6-8-15(20)12-16(13)17/h6,8,12,14,17H,2-5,7,9-11H2,1H3,(H2,21,22,25)/t17-/m1/s1. The van der Waals surface area contributed by atoms with Crippen LogP contribution in [0.15, 0.2) is 18.2 Å². The van der Waals surface area contributed by atoms with Crippen molar-refractivity contribution in [2.45, 2.75) is 44.6 Å². The third kappa shape index (κ3) is 4.30. The first-order valence-electron chi connectivity index (χ1n) is 9.12. The van der Waals surface area contributed by atoms with Gasteiger partial charge < -0.3 is 15.5 Å². The Balaban J connectivity index is 1.36. The SMILES string of the molecule is CN(CCCNC(=O)N[C@@H]1CCc2ccc(F)cc21)C(=O)C1CCC1. The van der Waals surface area contributed by atoms with Crippen LogP contribution in [0.5, 0.6) is 0 Å². The van der Waals surface area contributed by atoms with Crippen LogP contribution in [-0.4, -0.2) is 37.0 Å². The minimum absolute atomic E-state index is 0.131. The number of nitrogens with one attached hydrogen (secondary N) is 2. The fourth-order valence-electron chi connectivity index (χ4n) is 3.53. The summed E-state index contributed by atoms with van der Waals surface area (Å²) in [6, 6.07) is 4.39. The summed E-state index contributed by atoms with van der Waals surface area (Å²) < 4.78 is 13.4. The van der Waals surface area contributed by atoms with E-state index in [1.165, 1.54) is 12.1 Å². The number of hydrogen-bond acceptors (Lipinski definition) is 2. The molecule has 1 atom stereocenters. The van der Waals surface area contributed by atoms with Crippen molar-refractivity contribution in [2.24, 2.45) is 5.92 Å². The van der Waals surface area contributed by atoms with Gasteiger partial charge in [-0.2, -0.15) is 0 Å². The molecule has 0 aromatic heterocycles. The van der Waals surface area contributed by atoms with Crippen molar-refractivity contribution < 1.29 is 14.0 Å². The Morgan fingerprint density at radius 1 is 1.28 bits per heavy atom. The maximum Gasteiger partial charge on any atom is 0.315 e. The fraction of sp³-hybridized carbons (Fsp3) is 0.579. The van der Waals surface area contributed by atoms with Gasteiger partial charge in [0.2, 0.25) is 5.91 Å². The number of rotatable bonds is 6. The van der Waals surface area contributed by atoms with Crippen molar-refractivity contribution in [2.75, 3.05) is 20.1 Å². The summed E-state index contributed by atoms with van der Waals surface area (Å²) in [6.07, 6.45) is 5.54. The number of nitrogens with zero attached hydrogens (tertiary/aromatic N) is 1. The molecule has 3 rings (SSSR count). The van der Waals surface area contributed by atoms with Crippen LogP contribution in [0.25, 0.3) is 0 Å². The van der Waals surface area contributed by atoms with Gasteiger partial charge in [0.05, 0.1) is 6.04 Å². The van der Waals surface area contributed by atoms with E-state index >= 15 is 0 Å². The van der Waals surface area contributed by atoms with E-state index in [4.69, 9.17) is 0 Å². The summed E-state index contributed by atoms with van der Waals surface area (Å²) in [5.41, 5.74) is 1.98. The van der Waals surface area contributed by atoms with Crippen LogP contribution < -0.4 is 10.6 Å². The summed E-state index contributed by atoms with van der Waals surface area (Å²) >= 11 is 0. The second kappa shape index (κ2) is 7.85. The topological polar surface area (TPSA) is 61.4 Å². The molecule has 2 aliphatic carbocycles. The molecule has 0 aliphatic heterocycles. The Hall–Kier alpha value is -2.11. The monoisotopic (exact) mass is 347 g/mol. The van der Waals surface area contributed by atoms with E-state index < -0.39 is 0 Å². The molecule has 5 nitrogen and oxygen atoms in total. The lowest BCUT2D eigenvalue weighted by atomic mass is 9.84. The maximum absolute atomic E-state index is 13.4. The molecule has 0 bridgehead atoms. The van der Waals surface area contributed by atoms with E-state index in [0.717, 1.165) is 49.7 Å². The third-order valence-electron chi connectivity index (χ3n) is 5.28. The summed E-state index contributed by atoms with van der Waals surface area (Å²) in [7, 11) is 1.82. The highest BCUT2D eigenvalue weighted by Crippen LogP contribution is 2.31. The van der Waals surface area contributed by atoms with Gasteiger partial charge in [0.15, 0.2) is 0 Å². The first-order chi connectivity index (χ1) is 12.0. The molecule has 0 saturated heterocycles. The van der Waals surface area contributed by atoms with Gasteiger partial charge in [0, 0.05) is 26.1 Å². The molecule has 25 heavy (non-hydrogen) atoms. The predicted octanol–water partition coefficient (Wildman–Crippen LogP) is 2.76. The zero-order valence-corrected chi connectivity index (χ0v) is 14.7. The zero-order chi connectivity index (χ0) is 17.8. The lowest BCUT2D eigenvalue weighted by Gasteiger charge is -2.29. The van der Waals surface area contributed by atoms with E-state index in [9.17, 15) is 14.0 Å². The second-order valence-electron chi connectivity index (χ2n) is 7.08. The Kier molecular flexibility index (Phi) is 5.56. The van der Waals surface area contributed by atoms with Crippen molar-refractivity contribution in [3.63, 3.8) is 0 Å². The molecule has 3 amide bonds. The maximum atomic E-state index is 13.4. The van der Waals surface area contributed by atoms with E-state index in [0.29, 0.717) is 13.1 Å². The summed E-state index contributed by atoms with van der Waals surface area (Å²) in [5.74, 6) is 0.163. The van der Waals surface area contributed by atoms with Crippen LogP contribution in [0.2, 0.25) is 0 Å². The molecule has 1 aromatic carbocycles. The van der Waals surface area contributed by atoms with Gasteiger partial charge in [0.25, 0.3) is 0 Å². The Morgan fingerprint density at radius 2 is 2.08 bits per heavy atom. The number of amides is 3. The quantitative estimate of drug-likeness (QED) is 0.778. The van der Waals surface area contributed by atoms with Gasteiger partial charge in [-0.15, -0.1) is 0 Å². The van der Waals surface area contributed by atoms with E-state index in [1.807, 2.05) is 7.05 Å². The smallest absolute Gasteiger partial charge is 0.315 e. The molecule has 2 aliphatic rings. The first kappa shape index (κ1) is 17.7. The van der Waals surface area contributed by atoms with Crippen molar-refractivity contribution >= 4 is 11.9 Å². The summed E-state index contributed by atoms with van der Waals surface area (Å²) in [5, 5.41) is 5.74. The number of aryl methyl sites for hydroxylation is 1. The Bertz CT molecular complexity index is 646. The van der Waals surface area contributed by atoms with Gasteiger partial charge in [-0.3, -0.25) is 4.79 Å². The molecule has 0 unspecified atom stereocenters. The molecule has 1 aromatic rings. The van der Waals surface area contributed by atoms with Crippen LogP contribution in [0, 0.1) is 11.7 Å². The van der Waals surface area contributed by atoms with E-state index in [1.54, 1.807) is 11.0 Å². The van der Waals surface area contributed by atoms with Gasteiger partial charge in [0.1, 0.15) is 5.82 Å². The van der Waals surface area contributed by atoms with Crippen molar-refractivity contribution in [1.82, 2.24) is 15.5 Å². The van der Waals surface area contributed by atoms with Crippen LogP contribution in [0.1, 0.15) is 49.3 Å².